The minimum Gasteiger partial charge on any atom is -0.465 e. The highest BCUT2D eigenvalue weighted by Crippen LogP contribution is 2.13. The number of esters is 2. The van der Waals surface area contributed by atoms with E-state index in [-0.39, 0.29) is 15.5 Å². The quantitative estimate of drug-likeness (QED) is 0.271. The smallest absolute Gasteiger partial charge is 0.340 e. The van der Waals surface area contributed by atoms with Crippen LogP contribution in [0.15, 0.2) is 23.9 Å². The molecule has 5 nitrogen and oxygen atoms in total. The largest absolute Gasteiger partial charge is 0.465 e. The normalized spacial score (nSPS) is 10.5. The Kier molecular flexibility index (Phi) is 6.52. The maximum absolute atomic E-state index is 11.5. The van der Waals surface area contributed by atoms with Gasteiger partial charge in [-0.2, -0.15) is 0 Å². The third-order valence-corrected chi connectivity index (χ3v) is 2.39. The summed E-state index contributed by atoms with van der Waals surface area (Å²) >= 11 is 8.71. The summed E-state index contributed by atoms with van der Waals surface area (Å²) in [6.07, 6.45) is 1.31. The van der Waals surface area contributed by atoms with Gasteiger partial charge < -0.3 is 14.4 Å². The molecule has 0 aromatic rings. The Morgan fingerprint density at radius 2 is 1.76 bits per heavy atom. The molecule has 0 N–H and O–H groups in total. The van der Waals surface area contributed by atoms with Gasteiger partial charge in [-0.3, -0.25) is 0 Å². The minimum absolute atomic E-state index is 0.0433. The maximum atomic E-state index is 11.5. The molecule has 0 aromatic carbocycles. The van der Waals surface area contributed by atoms with Crippen molar-refractivity contribution in [3.63, 3.8) is 0 Å². The van der Waals surface area contributed by atoms with E-state index in [1.807, 2.05) is 0 Å². The Balaban J connectivity index is 5.29. The lowest BCUT2D eigenvalue weighted by Crippen LogP contribution is -2.20. The fourth-order valence-corrected chi connectivity index (χ4v) is 0.956. The van der Waals surface area contributed by atoms with Crippen molar-refractivity contribution in [2.24, 2.45) is 0 Å². The second-order valence-corrected chi connectivity index (χ2v) is 4.01. The molecule has 0 heterocycles. The fraction of sp³-hybridized carbons (Fsp3) is 0.300. The Bertz CT molecular complexity index is 390. The first-order chi connectivity index (χ1) is 7.84. The Morgan fingerprint density at radius 3 is 2.12 bits per heavy atom. The van der Waals surface area contributed by atoms with E-state index in [1.165, 1.54) is 25.3 Å². The van der Waals surface area contributed by atoms with Crippen LogP contribution in [0, 0.1) is 0 Å². The van der Waals surface area contributed by atoms with Gasteiger partial charge in [-0.1, -0.05) is 18.8 Å². The summed E-state index contributed by atoms with van der Waals surface area (Å²) < 4.78 is 9.24. The van der Waals surface area contributed by atoms with Crippen LogP contribution in [0.25, 0.3) is 0 Å². The molecule has 0 atom stereocenters. The summed E-state index contributed by atoms with van der Waals surface area (Å²) in [7, 11) is 3.96. The van der Waals surface area contributed by atoms with Crippen molar-refractivity contribution < 1.29 is 19.1 Å². The Hall–Kier alpha value is -1.34. The highest BCUT2D eigenvalue weighted by molar-refractivity contribution is 8.10. The van der Waals surface area contributed by atoms with Gasteiger partial charge in [0.25, 0.3) is 0 Å². The average Bonchev–Trinajstić information content (AvgIpc) is 2.32. The number of thiol groups is 1. The molecule has 0 spiro atoms. The van der Waals surface area contributed by atoms with Gasteiger partial charge in [-0.15, -0.1) is 12.6 Å². The Labute approximate surface area is 110 Å². The zero-order valence-corrected chi connectivity index (χ0v) is 11.4. The minimum atomic E-state index is -0.722. The number of ether oxygens (including phenoxy) is 2. The van der Waals surface area contributed by atoms with Crippen molar-refractivity contribution in [1.82, 2.24) is 4.90 Å². The van der Waals surface area contributed by atoms with Crippen molar-refractivity contribution in [3.8, 4) is 0 Å². The molecule has 0 aromatic heterocycles. The van der Waals surface area contributed by atoms with Crippen molar-refractivity contribution in [3.05, 3.63) is 23.9 Å². The molecule has 0 unspecified atom stereocenters. The number of hydrogen-bond donors (Lipinski definition) is 1. The number of rotatable bonds is 4. The molecule has 17 heavy (non-hydrogen) atoms. The summed E-state index contributed by atoms with van der Waals surface area (Å²) in [6.45, 7) is 3.47. The van der Waals surface area contributed by atoms with Crippen LogP contribution < -0.4 is 0 Å². The summed E-state index contributed by atoms with van der Waals surface area (Å²) in [5.74, 6) is -1.43. The summed E-state index contributed by atoms with van der Waals surface area (Å²) in [4.78, 5) is 24.1. The first kappa shape index (κ1) is 15.7. The molecule has 0 bridgehead atoms. The molecule has 94 valence electrons. The predicted molar refractivity (Wildman–Crippen MR) is 70.6 cm³/mol. The lowest BCUT2D eigenvalue weighted by molar-refractivity contribution is -0.139. The van der Waals surface area contributed by atoms with E-state index >= 15 is 0 Å². The van der Waals surface area contributed by atoms with Crippen molar-refractivity contribution in [2.75, 3.05) is 21.3 Å². The Morgan fingerprint density at radius 1 is 1.29 bits per heavy atom. The first-order valence-corrected chi connectivity index (χ1v) is 5.24. The molecule has 0 aliphatic carbocycles. The maximum Gasteiger partial charge on any atom is 0.340 e. The zero-order valence-electron chi connectivity index (χ0n) is 9.72. The highest BCUT2D eigenvalue weighted by Gasteiger charge is 2.21. The number of hydrogen-bond acceptors (Lipinski definition) is 5. The molecule has 0 aliphatic heterocycles. The highest BCUT2D eigenvalue weighted by atomic mass is 32.1. The molecule has 0 rings (SSSR count). The van der Waals surface area contributed by atoms with Crippen LogP contribution in [0.1, 0.15) is 0 Å². The second kappa shape index (κ2) is 7.08. The molecule has 0 radical (unpaired) electrons. The van der Waals surface area contributed by atoms with Crippen molar-refractivity contribution >= 4 is 41.1 Å². The third kappa shape index (κ3) is 4.58. The van der Waals surface area contributed by atoms with Gasteiger partial charge in [-0.05, 0) is 0 Å². The van der Waals surface area contributed by atoms with E-state index in [4.69, 9.17) is 12.2 Å². The lowest BCUT2D eigenvalue weighted by Gasteiger charge is -2.14. The monoisotopic (exact) mass is 275 g/mol. The van der Waals surface area contributed by atoms with E-state index in [2.05, 4.69) is 28.7 Å². The number of thiocarbonyl (C=S) groups is 1. The summed E-state index contributed by atoms with van der Waals surface area (Å²) in [5.41, 5.74) is -0.158. The topological polar surface area (TPSA) is 55.8 Å². The van der Waals surface area contributed by atoms with Gasteiger partial charge in [0.1, 0.15) is 4.32 Å². The van der Waals surface area contributed by atoms with Gasteiger partial charge in [0, 0.05) is 13.2 Å². The number of carbonyl (C=O) groups excluding carboxylic acids is 2. The molecule has 0 fully saturated rings. The predicted octanol–water partition coefficient (Wildman–Crippen LogP) is 0.919. The molecule has 7 heteroatoms. The van der Waals surface area contributed by atoms with Crippen LogP contribution in [0.2, 0.25) is 0 Å². The number of carbonyl (C=O) groups is 2. The van der Waals surface area contributed by atoms with Crippen LogP contribution in [0.5, 0.6) is 0 Å². The van der Waals surface area contributed by atoms with Crippen LogP contribution in [-0.4, -0.2) is 42.4 Å². The molecular formula is C10H13NO4S2. The van der Waals surface area contributed by atoms with E-state index in [9.17, 15) is 9.59 Å². The van der Waals surface area contributed by atoms with E-state index < -0.39 is 11.9 Å². The van der Waals surface area contributed by atoms with E-state index in [0.717, 1.165) is 0 Å². The molecule has 0 saturated carbocycles. The number of methoxy groups -OCH3 is 2. The second-order valence-electron chi connectivity index (χ2n) is 2.90. The van der Waals surface area contributed by atoms with Gasteiger partial charge in [0.15, 0.2) is 0 Å². The standard InChI is InChI=1S/C10H13NO4S2/c1-6(8(12)14-3)7(9(13)15-4)5-11(2)10(16)17/h5H,1H2,2-4H3,(H,16,17). The van der Waals surface area contributed by atoms with Crippen LogP contribution in [-0.2, 0) is 19.1 Å². The summed E-state index contributed by atoms with van der Waals surface area (Å²) in [5, 5.41) is 0. The van der Waals surface area contributed by atoms with E-state index in [0.29, 0.717) is 0 Å². The molecule has 0 amide bonds. The molecule has 0 aliphatic rings. The van der Waals surface area contributed by atoms with Crippen molar-refractivity contribution in [1.29, 1.82) is 0 Å². The van der Waals surface area contributed by atoms with Crippen LogP contribution in [0.3, 0.4) is 0 Å². The number of nitrogens with zero attached hydrogens (tertiary/aromatic N) is 1. The van der Waals surface area contributed by atoms with Gasteiger partial charge in [0.2, 0.25) is 0 Å². The third-order valence-electron chi connectivity index (χ3n) is 1.79. The van der Waals surface area contributed by atoms with Gasteiger partial charge in [0.05, 0.1) is 25.4 Å². The van der Waals surface area contributed by atoms with Gasteiger partial charge >= 0.3 is 11.9 Å². The lowest BCUT2D eigenvalue weighted by atomic mass is 10.1. The fourth-order valence-electron chi connectivity index (χ4n) is 0.846. The van der Waals surface area contributed by atoms with Gasteiger partial charge in [-0.25, -0.2) is 9.59 Å². The average molecular weight is 275 g/mol. The molecule has 0 saturated heterocycles. The van der Waals surface area contributed by atoms with Crippen molar-refractivity contribution in [2.45, 2.75) is 0 Å². The zero-order chi connectivity index (χ0) is 13.6. The van der Waals surface area contributed by atoms with Crippen LogP contribution in [0.4, 0.5) is 0 Å². The first-order valence-electron chi connectivity index (χ1n) is 4.38. The summed E-state index contributed by atoms with van der Waals surface area (Å²) in [6, 6.07) is 0. The molecular weight excluding hydrogens is 262 g/mol. The SMILES string of the molecule is C=C(C(=O)OC)C(=CN(C)C(=S)S)C(=O)OC. The van der Waals surface area contributed by atoms with Crippen LogP contribution >= 0.6 is 24.8 Å². The van der Waals surface area contributed by atoms with E-state index in [1.54, 1.807) is 7.05 Å².